The summed E-state index contributed by atoms with van der Waals surface area (Å²) in [6.07, 6.45) is 1.33. The molecule has 1 amide bonds. The van der Waals surface area contributed by atoms with E-state index in [1.165, 1.54) is 0 Å². The number of nitrogens with zero attached hydrogens (tertiary/aromatic N) is 1. The van der Waals surface area contributed by atoms with Crippen molar-refractivity contribution in [2.75, 3.05) is 35.2 Å². The van der Waals surface area contributed by atoms with Crippen molar-refractivity contribution >= 4 is 34.6 Å². The topological polar surface area (TPSA) is 64.6 Å². The molecule has 0 atom stereocenters. The van der Waals surface area contributed by atoms with E-state index in [1.54, 1.807) is 24.3 Å². The van der Waals surface area contributed by atoms with Gasteiger partial charge in [0.05, 0.1) is 24.0 Å². The van der Waals surface area contributed by atoms with Crippen LogP contribution >= 0.6 is 11.6 Å². The minimum Gasteiger partial charge on any atom is -0.393 e. The van der Waals surface area contributed by atoms with Gasteiger partial charge >= 0.3 is 0 Å². The summed E-state index contributed by atoms with van der Waals surface area (Å²) in [5.41, 5.74) is 2.70. The third-order valence-electron chi connectivity index (χ3n) is 4.28. The van der Waals surface area contributed by atoms with Crippen LogP contribution in [0, 0.1) is 0 Å². The molecule has 1 heterocycles. The molecule has 1 fully saturated rings. The summed E-state index contributed by atoms with van der Waals surface area (Å²) >= 11 is 5.84. The first kappa shape index (κ1) is 17.6. The number of halogens is 1. The first-order chi connectivity index (χ1) is 12.1. The van der Waals surface area contributed by atoms with Gasteiger partial charge in [0.15, 0.2) is 0 Å². The van der Waals surface area contributed by atoms with Crippen LogP contribution in [0.5, 0.6) is 0 Å². The van der Waals surface area contributed by atoms with Gasteiger partial charge in [-0.15, -0.1) is 0 Å². The molecule has 2 aromatic carbocycles. The summed E-state index contributed by atoms with van der Waals surface area (Å²) in [6, 6.07) is 15.0. The Morgan fingerprint density at radius 1 is 1.12 bits per heavy atom. The Morgan fingerprint density at radius 3 is 2.52 bits per heavy atom. The molecule has 0 bridgehead atoms. The molecular weight excluding hydrogens is 338 g/mol. The van der Waals surface area contributed by atoms with Crippen molar-refractivity contribution in [2.24, 2.45) is 0 Å². The van der Waals surface area contributed by atoms with Crippen molar-refractivity contribution < 1.29 is 9.90 Å². The fourth-order valence-corrected chi connectivity index (χ4v) is 3.05. The minimum atomic E-state index is -0.207. The monoisotopic (exact) mass is 359 g/mol. The number of hydrogen-bond donors (Lipinski definition) is 3. The highest BCUT2D eigenvalue weighted by Crippen LogP contribution is 2.28. The standard InChI is InChI=1S/C19H22ClN3O2/c20-14-5-7-15(8-6-14)22-19(25)13-21-17-3-1-2-4-18(17)23-11-9-16(24)10-12-23/h1-8,16,21,24H,9-13H2,(H,22,25). The number of carbonyl (C=O) groups excluding carboxylic acids is 1. The zero-order valence-corrected chi connectivity index (χ0v) is 14.7. The fraction of sp³-hybridized carbons (Fsp3) is 0.316. The van der Waals surface area contributed by atoms with Gasteiger partial charge in [0.2, 0.25) is 5.91 Å². The van der Waals surface area contributed by atoms with Crippen LogP contribution in [-0.4, -0.2) is 36.8 Å². The second-order valence-corrected chi connectivity index (χ2v) is 6.58. The van der Waals surface area contributed by atoms with Crippen molar-refractivity contribution in [1.82, 2.24) is 0 Å². The summed E-state index contributed by atoms with van der Waals surface area (Å²) < 4.78 is 0. The van der Waals surface area contributed by atoms with E-state index in [2.05, 4.69) is 15.5 Å². The van der Waals surface area contributed by atoms with E-state index in [9.17, 15) is 9.90 Å². The molecule has 0 radical (unpaired) electrons. The van der Waals surface area contributed by atoms with Crippen LogP contribution in [0.2, 0.25) is 5.02 Å². The maximum Gasteiger partial charge on any atom is 0.243 e. The SMILES string of the molecule is O=C(CNc1ccccc1N1CCC(O)CC1)Nc1ccc(Cl)cc1. The number of anilines is 3. The number of benzene rings is 2. The van der Waals surface area contributed by atoms with Gasteiger partial charge in [0.25, 0.3) is 0 Å². The number of nitrogens with one attached hydrogen (secondary N) is 2. The van der Waals surface area contributed by atoms with Gasteiger partial charge in [-0.3, -0.25) is 4.79 Å². The van der Waals surface area contributed by atoms with E-state index in [0.29, 0.717) is 5.02 Å². The van der Waals surface area contributed by atoms with Gasteiger partial charge in [-0.2, -0.15) is 0 Å². The van der Waals surface area contributed by atoms with E-state index in [-0.39, 0.29) is 18.6 Å². The predicted molar refractivity (Wildman–Crippen MR) is 102 cm³/mol. The smallest absolute Gasteiger partial charge is 0.243 e. The normalized spacial score (nSPS) is 15.0. The van der Waals surface area contributed by atoms with Crippen LogP contribution in [0.1, 0.15) is 12.8 Å². The Morgan fingerprint density at radius 2 is 1.80 bits per heavy atom. The van der Waals surface area contributed by atoms with Gasteiger partial charge < -0.3 is 20.6 Å². The van der Waals surface area contributed by atoms with Gasteiger partial charge in [0, 0.05) is 23.8 Å². The van der Waals surface area contributed by atoms with Gasteiger partial charge in [-0.1, -0.05) is 23.7 Å². The number of para-hydroxylation sites is 2. The van der Waals surface area contributed by atoms with Crippen molar-refractivity contribution in [3.05, 3.63) is 53.6 Å². The molecule has 25 heavy (non-hydrogen) atoms. The van der Waals surface area contributed by atoms with Crippen molar-refractivity contribution in [2.45, 2.75) is 18.9 Å². The molecule has 1 aliphatic heterocycles. The fourth-order valence-electron chi connectivity index (χ4n) is 2.92. The lowest BCUT2D eigenvalue weighted by molar-refractivity contribution is -0.114. The molecule has 0 aliphatic carbocycles. The predicted octanol–water partition coefficient (Wildman–Crippen LogP) is 3.35. The van der Waals surface area contributed by atoms with Crippen LogP contribution in [-0.2, 0) is 4.79 Å². The van der Waals surface area contributed by atoms with Crippen LogP contribution in [0.15, 0.2) is 48.5 Å². The average molecular weight is 360 g/mol. The molecule has 1 aliphatic rings. The molecule has 6 heteroatoms. The number of hydrogen-bond acceptors (Lipinski definition) is 4. The quantitative estimate of drug-likeness (QED) is 0.766. The Kier molecular flexibility index (Phi) is 5.79. The lowest BCUT2D eigenvalue weighted by Crippen LogP contribution is -2.36. The van der Waals surface area contributed by atoms with Crippen LogP contribution in [0.3, 0.4) is 0 Å². The highest BCUT2D eigenvalue weighted by molar-refractivity contribution is 6.30. The van der Waals surface area contributed by atoms with Crippen LogP contribution in [0.4, 0.5) is 17.1 Å². The summed E-state index contributed by atoms with van der Waals surface area (Å²) in [5.74, 6) is -0.119. The number of piperidine rings is 1. The Balaban J connectivity index is 1.59. The first-order valence-corrected chi connectivity index (χ1v) is 8.81. The minimum absolute atomic E-state index is 0.119. The number of amides is 1. The van der Waals surface area contributed by atoms with Gasteiger partial charge in [0.1, 0.15) is 0 Å². The molecule has 3 rings (SSSR count). The van der Waals surface area contributed by atoms with E-state index in [1.807, 2.05) is 24.3 Å². The maximum atomic E-state index is 12.1. The lowest BCUT2D eigenvalue weighted by atomic mass is 10.1. The molecule has 0 saturated carbocycles. The van der Waals surface area contributed by atoms with E-state index in [4.69, 9.17) is 11.6 Å². The second-order valence-electron chi connectivity index (χ2n) is 6.14. The summed E-state index contributed by atoms with van der Waals surface area (Å²) in [4.78, 5) is 14.4. The molecule has 0 spiro atoms. The van der Waals surface area contributed by atoms with Crippen LogP contribution in [0.25, 0.3) is 0 Å². The zero-order chi connectivity index (χ0) is 17.6. The third-order valence-corrected chi connectivity index (χ3v) is 4.53. The van der Waals surface area contributed by atoms with E-state index < -0.39 is 0 Å². The first-order valence-electron chi connectivity index (χ1n) is 8.43. The van der Waals surface area contributed by atoms with Gasteiger partial charge in [-0.05, 0) is 49.2 Å². The highest BCUT2D eigenvalue weighted by atomic mass is 35.5. The van der Waals surface area contributed by atoms with E-state index in [0.717, 1.165) is 43.0 Å². The molecule has 0 unspecified atom stereocenters. The molecule has 2 aromatic rings. The lowest BCUT2D eigenvalue weighted by Gasteiger charge is -2.32. The number of rotatable bonds is 5. The van der Waals surface area contributed by atoms with Crippen molar-refractivity contribution in [1.29, 1.82) is 0 Å². The number of aliphatic hydroxyl groups is 1. The Hall–Kier alpha value is -2.24. The van der Waals surface area contributed by atoms with E-state index >= 15 is 0 Å². The van der Waals surface area contributed by atoms with Crippen molar-refractivity contribution in [3.8, 4) is 0 Å². The molecule has 0 aromatic heterocycles. The third kappa shape index (κ3) is 4.87. The largest absolute Gasteiger partial charge is 0.393 e. The maximum absolute atomic E-state index is 12.1. The molecule has 1 saturated heterocycles. The second kappa shape index (κ2) is 8.23. The summed E-state index contributed by atoms with van der Waals surface area (Å²) in [7, 11) is 0. The van der Waals surface area contributed by atoms with Crippen molar-refractivity contribution in [3.63, 3.8) is 0 Å². The molecule has 5 nitrogen and oxygen atoms in total. The highest BCUT2D eigenvalue weighted by Gasteiger charge is 2.19. The molecule has 3 N–H and O–H groups in total. The molecule has 132 valence electrons. The summed E-state index contributed by atoms with van der Waals surface area (Å²) in [5, 5.41) is 16.4. The van der Waals surface area contributed by atoms with Crippen LogP contribution < -0.4 is 15.5 Å². The number of carbonyl (C=O) groups is 1. The number of aliphatic hydroxyl groups excluding tert-OH is 1. The van der Waals surface area contributed by atoms with Gasteiger partial charge in [-0.25, -0.2) is 0 Å². The average Bonchev–Trinajstić information content (AvgIpc) is 2.63. The molecular formula is C19H22ClN3O2. The summed E-state index contributed by atoms with van der Waals surface area (Å²) in [6.45, 7) is 1.81. The zero-order valence-electron chi connectivity index (χ0n) is 13.9. The Labute approximate surface area is 152 Å². The Bertz CT molecular complexity index is 713.